The normalized spacial score (nSPS) is 19.6. The maximum atomic E-state index is 13.2. The van der Waals surface area contributed by atoms with Crippen molar-refractivity contribution in [2.75, 3.05) is 46.6 Å². The number of hydrogen-bond donors (Lipinski definition) is 2. The Hall–Kier alpha value is -3.11. The number of alkyl halides is 3. The third kappa shape index (κ3) is 4.97. The molecule has 8 nitrogen and oxygen atoms in total. The van der Waals surface area contributed by atoms with Crippen molar-refractivity contribution in [3.8, 4) is 0 Å². The lowest BCUT2D eigenvalue weighted by Crippen LogP contribution is -2.42. The maximum Gasteiger partial charge on any atom is 0.393 e. The molecule has 1 saturated heterocycles. The maximum absolute atomic E-state index is 13.2. The molecule has 4 heterocycles. The number of amides is 2. The number of pyridine rings is 1. The van der Waals surface area contributed by atoms with Crippen LogP contribution < -0.4 is 20.4 Å². The Labute approximate surface area is 177 Å². The number of carbonyl (C=O) groups excluding carboxylic acids is 1. The van der Waals surface area contributed by atoms with Crippen molar-refractivity contribution < 1.29 is 18.0 Å². The zero-order valence-corrected chi connectivity index (χ0v) is 16.9. The van der Waals surface area contributed by atoms with E-state index in [-0.39, 0.29) is 13.0 Å². The number of halogens is 3. The van der Waals surface area contributed by atoms with Gasteiger partial charge in [-0.3, -0.25) is 15.2 Å². The summed E-state index contributed by atoms with van der Waals surface area (Å²) in [7, 11) is 0. The number of carbonyl (C=O) groups is 1. The highest BCUT2D eigenvalue weighted by atomic mass is 19.4. The van der Waals surface area contributed by atoms with E-state index in [1.54, 1.807) is 17.0 Å². The van der Waals surface area contributed by atoms with Crippen molar-refractivity contribution in [1.29, 1.82) is 0 Å². The highest BCUT2D eigenvalue weighted by molar-refractivity contribution is 6.02. The molecule has 1 unspecified atom stereocenters. The van der Waals surface area contributed by atoms with Gasteiger partial charge >= 0.3 is 12.2 Å². The Balaban J connectivity index is 1.61. The molecule has 2 N–H and O–H groups in total. The lowest BCUT2D eigenvalue weighted by molar-refractivity contribution is -0.176. The van der Waals surface area contributed by atoms with Gasteiger partial charge in [-0.05, 0) is 37.8 Å². The topological polar surface area (TPSA) is 86.3 Å². The van der Waals surface area contributed by atoms with Crippen molar-refractivity contribution in [2.45, 2.75) is 31.9 Å². The third-order valence-corrected chi connectivity index (χ3v) is 5.49. The minimum atomic E-state index is -4.23. The number of rotatable bonds is 2. The summed E-state index contributed by atoms with van der Waals surface area (Å²) in [5.74, 6) is -0.233. The highest BCUT2D eigenvalue weighted by Gasteiger charge is 2.42. The van der Waals surface area contributed by atoms with E-state index in [0.29, 0.717) is 42.7 Å². The number of fused-ring (bicyclic) bond motifs is 1. The van der Waals surface area contributed by atoms with Gasteiger partial charge in [0.1, 0.15) is 5.82 Å². The summed E-state index contributed by atoms with van der Waals surface area (Å²) in [5.41, 5.74) is 0.669. The monoisotopic (exact) mass is 435 g/mol. The number of nitrogens with one attached hydrogen (secondary N) is 2. The SMILES string of the molecule is O=C(Nc1cnccn1)N1CCCCNc2ccc(N3CCCC(C(F)(F)F)C3)nc21. The molecule has 31 heavy (non-hydrogen) atoms. The Morgan fingerprint density at radius 1 is 1.16 bits per heavy atom. The number of nitrogens with zero attached hydrogens (tertiary/aromatic N) is 5. The molecule has 1 fully saturated rings. The molecule has 0 saturated carbocycles. The molecule has 2 aliphatic rings. The number of urea groups is 1. The zero-order chi connectivity index (χ0) is 21.8. The molecule has 0 spiro atoms. The van der Waals surface area contributed by atoms with Crippen LogP contribution in [0.5, 0.6) is 0 Å². The molecule has 0 aromatic carbocycles. The number of piperidine rings is 1. The zero-order valence-electron chi connectivity index (χ0n) is 16.9. The van der Waals surface area contributed by atoms with Gasteiger partial charge in [-0.25, -0.2) is 14.8 Å². The lowest BCUT2D eigenvalue weighted by atomic mass is 9.97. The van der Waals surface area contributed by atoms with E-state index in [9.17, 15) is 18.0 Å². The van der Waals surface area contributed by atoms with Gasteiger partial charge in [0.05, 0.1) is 17.8 Å². The van der Waals surface area contributed by atoms with Gasteiger partial charge in [0.2, 0.25) is 0 Å². The largest absolute Gasteiger partial charge is 0.393 e. The smallest absolute Gasteiger partial charge is 0.382 e. The summed E-state index contributed by atoms with van der Waals surface area (Å²) in [6.45, 7) is 1.53. The number of aromatic nitrogens is 3. The summed E-state index contributed by atoms with van der Waals surface area (Å²) < 4.78 is 39.7. The first-order valence-corrected chi connectivity index (χ1v) is 10.3. The first-order chi connectivity index (χ1) is 14.9. The average Bonchev–Trinajstić information content (AvgIpc) is 2.74. The average molecular weight is 435 g/mol. The number of anilines is 4. The van der Waals surface area contributed by atoms with E-state index in [0.717, 1.165) is 19.4 Å². The van der Waals surface area contributed by atoms with Crippen molar-refractivity contribution in [3.05, 3.63) is 30.7 Å². The second-order valence-electron chi connectivity index (χ2n) is 7.67. The summed E-state index contributed by atoms with van der Waals surface area (Å²) >= 11 is 0. The minimum absolute atomic E-state index is 0.124. The fourth-order valence-corrected chi connectivity index (χ4v) is 3.87. The van der Waals surface area contributed by atoms with Crippen LogP contribution in [0.3, 0.4) is 0 Å². The molecule has 0 bridgehead atoms. The molecule has 11 heteroatoms. The van der Waals surface area contributed by atoms with Crippen LogP contribution in [0, 0.1) is 5.92 Å². The fourth-order valence-electron chi connectivity index (χ4n) is 3.87. The lowest BCUT2D eigenvalue weighted by Gasteiger charge is -2.35. The van der Waals surface area contributed by atoms with E-state index in [2.05, 4.69) is 25.6 Å². The van der Waals surface area contributed by atoms with Crippen molar-refractivity contribution in [1.82, 2.24) is 15.0 Å². The van der Waals surface area contributed by atoms with Crippen LogP contribution in [0.25, 0.3) is 0 Å². The van der Waals surface area contributed by atoms with Gasteiger partial charge in [-0.15, -0.1) is 0 Å². The summed E-state index contributed by atoms with van der Waals surface area (Å²) in [4.78, 5) is 28.8. The Kier molecular flexibility index (Phi) is 6.10. The Morgan fingerprint density at radius 2 is 2.03 bits per heavy atom. The van der Waals surface area contributed by atoms with E-state index in [1.165, 1.54) is 23.5 Å². The van der Waals surface area contributed by atoms with Gasteiger partial charge in [-0.2, -0.15) is 13.2 Å². The molecule has 0 radical (unpaired) electrons. The minimum Gasteiger partial charge on any atom is -0.382 e. The van der Waals surface area contributed by atoms with Gasteiger partial charge in [0.15, 0.2) is 11.6 Å². The highest BCUT2D eigenvalue weighted by Crippen LogP contribution is 2.36. The molecule has 2 aliphatic heterocycles. The van der Waals surface area contributed by atoms with Crippen molar-refractivity contribution >= 4 is 29.2 Å². The van der Waals surface area contributed by atoms with Crippen LogP contribution in [0.1, 0.15) is 25.7 Å². The second-order valence-corrected chi connectivity index (χ2v) is 7.67. The summed E-state index contributed by atoms with van der Waals surface area (Å²) in [5, 5.41) is 5.98. The summed E-state index contributed by atoms with van der Waals surface area (Å²) in [6.07, 6.45) is 2.38. The van der Waals surface area contributed by atoms with Gasteiger partial charge in [0.25, 0.3) is 0 Å². The molecule has 2 aromatic heterocycles. The first kappa shape index (κ1) is 21.1. The molecular formula is C20H24F3N7O. The summed E-state index contributed by atoms with van der Waals surface area (Å²) in [6, 6.07) is 3.08. The van der Waals surface area contributed by atoms with E-state index in [1.807, 2.05) is 0 Å². The van der Waals surface area contributed by atoms with Crippen molar-refractivity contribution in [2.24, 2.45) is 5.92 Å². The van der Waals surface area contributed by atoms with Crippen LogP contribution in [0.2, 0.25) is 0 Å². The van der Waals surface area contributed by atoms with Gasteiger partial charge < -0.3 is 10.2 Å². The van der Waals surface area contributed by atoms with Crippen LogP contribution >= 0.6 is 0 Å². The van der Waals surface area contributed by atoms with Crippen LogP contribution in [-0.4, -0.2) is 53.3 Å². The van der Waals surface area contributed by atoms with Crippen LogP contribution in [0.4, 0.5) is 41.1 Å². The number of hydrogen-bond acceptors (Lipinski definition) is 6. The second kappa shape index (κ2) is 8.94. The fraction of sp³-hybridized carbons (Fsp3) is 0.500. The van der Waals surface area contributed by atoms with Crippen LogP contribution in [-0.2, 0) is 0 Å². The van der Waals surface area contributed by atoms with E-state index >= 15 is 0 Å². The Morgan fingerprint density at radius 3 is 2.81 bits per heavy atom. The quantitative estimate of drug-likeness (QED) is 0.744. The van der Waals surface area contributed by atoms with Gasteiger partial charge in [-0.1, -0.05) is 0 Å². The predicted molar refractivity (Wildman–Crippen MR) is 111 cm³/mol. The molecule has 4 rings (SSSR count). The predicted octanol–water partition coefficient (Wildman–Crippen LogP) is 3.89. The molecule has 1 atom stereocenters. The standard InChI is InChI=1S/C20H24F3N7O/c21-20(22,23)14-4-3-10-29(13-14)17-6-5-15-18(28-17)30(11-2-1-7-25-15)19(31)27-16-12-24-8-9-26-16/h5-6,8-9,12,14,25H,1-4,7,10-11,13H2,(H,26,27,31). The Bertz CT molecular complexity index is 909. The molecule has 2 amide bonds. The van der Waals surface area contributed by atoms with E-state index in [4.69, 9.17) is 0 Å². The molecule has 2 aromatic rings. The molecular weight excluding hydrogens is 411 g/mol. The molecule has 0 aliphatic carbocycles. The van der Waals surface area contributed by atoms with Gasteiger partial charge in [0, 0.05) is 38.6 Å². The van der Waals surface area contributed by atoms with Crippen LogP contribution in [0.15, 0.2) is 30.7 Å². The third-order valence-electron chi connectivity index (χ3n) is 5.49. The first-order valence-electron chi connectivity index (χ1n) is 10.3. The molecule has 166 valence electrons. The van der Waals surface area contributed by atoms with E-state index < -0.39 is 18.1 Å². The van der Waals surface area contributed by atoms with Crippen molar-refractivity contribution in [3.63, 3.8) is 0 Å².